The summed E-state index contributed by atoms with van der Waals surface area (Å²) in [4.78, 5) is 26.6. The molecule has 6 nitrogen and oxygen atoms in total. The number of nitrogens with zero attached hydrogens (tertiary/aromatic N) is 2. The number of carboxylic acid groups (broad SMARTS) is 1. The fourth-order valence-electron chi connectivity index (χ4n) is 2.42. The lowest BCUT2D eigenvalue weighted by atomic mass is 10.2. The fourth-order valence-corrected chi connectivity index (χ4v) is 2.42. The SMILES string of the molecule is CCCC(C)N(C)C(=O)N1CC(OC)CC1C(=O)O. The van der Waals surface area contributed by atoms with Gasteiger partial charge in [-0.05, 0) is 13.3 Å². The van der Waals surface area contributed by atoms with Crippen molar-refractivity contribution < 1.29 is 19.4 Å². The first-order valence-electron chi connectivity index (χ1n) is 6.71. The van der Waals surface area contributed by atoms with E-state index in [4.69, 9.17) is 4.74 Å². The summed E-state index contributed by atoms with van der Waals surface area (Å²) in [6.45, 7) is 4.38. The van der Waals surface area contributed by atoms with Crippen molar-refractivity contribution >= 4 is 12.0 Å². The highest BCUT2D eigenvalue weighted by Gasteiger charge is 2.41. The zero-order chi connectivity index (χ0) is 14.6. The molecule has 0 spiro atoms. The normalized spacial score (nSPS) is 24.3. The molecule has 110 valence electrons. The molecule has 1 rings (SSSR count). The van der Waals surface area contributed by atoms with E-state index in [9.17, 15) is 14.7 Å². The molecule has 3 unspecified atom stereocenters. The van der Waals surface area contributed by atoms with Crippen molar-refractivity contribution in [2.24, 2.45) is 0 Å². The first-order valence-corrected chi connectivity index (χ1v) is 6.71. The zero-order valence-electron chi connectivity index (χ0n) is 12.1. The fraction of sp³-hybridized carbons (Fsp3) is 0.846. The van der Waals surface area contributed by atoms with Crippen molar-refractivity contribution in [3.8, 4) is 0 Å². The third kappa shape index (κ3) is 3.59. The van der Waals surface area contributed by atoms with Gasteiger partial charge in [-0.2, -0.15) is 0 Å². The molecule has 1 saturated heterocycles. The van der Waals surface area contributed by atoms with E-state index in [0.29, 0.717) is 13.0 Å². The largest absolute Gasteiger partial charge is 0.480 e. The quantitative estimate of drug-likeness (QED) is 0.821. The number of rotatable bonds is 5. The van der Waals surface area contributed by atoms with E-state index in [1.807, 2.05) is 6.92 Å². The Kier molecular flexibility index (Phi) is 5.60. The molecule has 1 N–H and O–H groups in total. The van der Waals surface area contributed by atoms with Crippen molar-refractivity contribution in [3.63, 3.8) is 0 Å². The first kappa shape index (κ1) is 15.8. The van der Waals surface area contributed by atoms with Crippen molar-refractivity contribution in [1.29, 1.82) is 0 Å². The molecule has 0 bridgehead atoms. The molecule has 3 atom stereocenters. The molecule has 0 saturated carbocycles. The number of ether oxygens (including phenoxy) is 1. The Morgan fingerprint density at radius 2 is 2.16 bits per heavy atom. The molecule has 19 heavy (non-hydrogen) atoms. The van der Waals surface area contributed by atoms with Crippen LogP contribution in [0.3, 0.4) is 0 Å². The van der Waals surface area contributed by atoms with Crippen molar-refractivity contribution in [2.45, 2.75) is 51.3 Å². The summed E-state index contributed by atoms with van der Waals surface area (Å²) in [5, 5.41) is 9.20. The van der Waals surface area contributed by atoms with Gasteiger partial charge in [0.2, 0.25) is 0 Å². The number of carboxylic acids is 1. The van der Waals surface area contributed by atoms with Crippen LogP contribution in [0.2, 0.25) is 0 Å². The van der Waals surface area contributed by atoms with Gasteiger partial charge in [0.25, 0.3) is 0 Å². The molecule has 0 aromatic carbocycles. The molecule has 2 amide bonds. The van der Waals surface area contributed by atoms with Crippen molar-refractivity contribution in [1.82, 2.24) is 9.80 Å². The van der Waals surface area contributed by atoms with Gasteiger partial charge in [-0.15, -0.1) is 0 Å². The minimum Gasteiger partial charge on any atom is -0.480 e. The number of carbonyl (C=O) groups is 2. The van der Waals surface area contributed by atoms with Crippen LogP contribution in [0.25, 0.3) is 0 Å². The Balaban J connectivity index is 2.76. The number of hydrogen-bond acceptors (Lipinski definition) is 3. The van der Waals surface area contributed by atoms with E-state index >= 15 is 0 Å². The van der Waals surface area contributed by atoms with Crippen molar-refractivity contribution in [3.05, 3.63) is 0 Å². The maximum atomic E-state index is 12.4. The third-order valence-corrected chi connectivity index (χ3v) is 3.80. The molecule has 1 fully saturated rings. The Bertz CT molecular complexity index is 335. The van der Waals surface area contributed by atoms with Gasteiger partial charge >= 0.3 is 12.0 Å². The van der Waals surface area contributed by atoms with Crippen molar-refractivity contribution in [2.75, 3.05) is 20.7 Å². The summed E-state index contributed by atoms with van der Waals surface area (Å²) in [6.07, 6.45) is 2.05. The molecular formula is C13H24N2O4. The Morgan fingerprint density at radius 3 is 2.63 bits per heavy atom. The minimum absolute atomic E-state index is 0.105. The van der Waals surface area contributed by atoms with Gasteiger partial charge in [-0.25, -0.2) is 9.59 Å². The van der Waals surface area contributed by atoms with E-state index in [-0.39, 0.29) is 18.2 Å². The zero-order valence-corrected chi connectivity index (χ0v) is 12.1. The molecular weight excluding hydrogens is 248 g/mol. The number of likely N-dealkylation sites (tertiary alicyclic amines) is 1. The number of aliphatic carboxylic acids is 1. The van der Waals surface area contributed by atoms with Crippen LogP contribution in [0.5, 0.6) is 0 Å². The lowest BCUT2D eigenvalue weighted by Crippen LogP contribution is -2.49. The van der Waals surface area contributed by atoms with Crippen LogP contribution in [0.4, 0.5) is 4.79 Å². The van der Waals surface area contributed by atoms with Gasteiger partial charge in [0.1, 0.15) is 6.04 Å². The first-order chi connectivity index (χ1) is 8.92. The summed E-state index contributed by atoms with van der Waals surface area (Å²) >= 11 is 0. The van der Waals surface area contributed by atoms with Crippen LogP contribution >= 0.6 is 0 Å². The summed E-state index contributed by atoms with van der Waals surface area (Å²) in [5.74, 6) is -0.968. The Hall–Kier alpha value is -1.30. The van der Waals surface area contributed by atoms with Crippen LogP contribution in [0, 0.1) is 0 Å². The van der Waals surface area contributed by atoms with Crippen LogP contribution in [0.1, 0.15) is 33.1 Å². The molecule has 1 aliphatic rings. The van der Waals surface area contributed by atoms with Gasteiger partial charge in [0.15, 0.2) is 0 Å². The average molecular weight is 272 g/mol. The standard InChI is InChI=1S/C13H24N2O4/c1-5-6-9(2)14(3)13(18)15-8-10(19-4)7-11(15)12(16)17/h9-11H,5-8H2,1-4H3,(H,16,17). The van der Waals surface area contributed by atoms with Gasteiger partial charge < -0.3 is 19.6 Å². The highest BCUT2D eigenvalue weighted by Crippen LogP contribution is 2.22. The summed E-state index contributed by atoms with van der Waals surface area (Å²) in [7, 11) is 3.27. The number of carbonyl (C=O) groups excluding carboxylic acids is 1. The van der Waals surface area contributed by atoms with E-state index in [2.05, 4.69) is 6.92 Å². The molecule has 0 radical (unpaired) electrons. The maximum absolute atomic E-state index is 12.4. The lowest BCUT2D eigenvalue weighted by molar-refractivity contribution is -0.141. The second-order valence-corrected chi connectivity index (χ2v) is 5.13. The van der Waals surface area contributed by atoms with Crippen LogP contribution < -0.4 is 0 Å². The monoisotopic (exact) mass is 272 g/mol. The lowest BCUT2D eigenvalue weighted by Gasteiger charge is -2.31. The smallest absolute Gasteiger partial charge is 0.326 e. The summed E-state index contributed by atoms with van der Waals surface area (Å²) < 4.78 is 5.18. The van der Waals surface area contributed by atoms with Crippen LogP contribution in [-0.2, 0) is 9.53 Å². The minimum atomic E-state index is -0.968. The van der Waals surface area contributed by atoms with Gasteiger partial charge in [0.05, 0.1) is 6.10 Å². The van der Waals surface area contributed by atoms with E-state index in [0.717, 1.165) is 12.8 Å². The Morgan fingerprint density at radius 1 is 1.53 bits per heavy atom. The highest BCUT2D eigenvalue weighted by molar-refractivity contribution is 5.83. The number of amides is 2. The maximum Gasteiger partial charge on any atom is 0.326 e. The molecule has 0 aromatic heterocycles. The predicted molar refractivity (Wildman–Crippen MR) is 71.1 cm³/mol. The predicted octanol–water partition coefficient (Wildman–Crippen LogP) is 1.40. The van der Waals surface area contributed by atoms with Gasteiger partial charge in [-0.3, -0.25) is 0 Å². The number of methoxy groups -OCH3 is 1. The molecule has 0 aromatic rings. The van der Waals surface area contributed by atoms with E-state index in [1.54, 1.807) is 19.1 Å². The van der Waals surface area contributed by atoms with E-state index < -0.39 is 12.0 Å². The summed E-state index contributed by atoms with van der Waals surface area (Å²) in [5.41, 5.74) is 0. The van der Waals surface area contributed by atoms with E-state index in [1.165, 1.54) is 4.90 Å². The van der Waals surface area contributed by atoms with Crippen LogP contribution in [0.15, 0.2) is 0 Å². The van der Waals surface area contributed by atoms with Gasteiger partial charge in [0, 0.05) is 33.2 Å². The molecule has 6 heteroatoms. The second kappa shape index (κ2) is 6.75. The second-order valence-electron chi connectivity index (χ2n) is 5.13. The summed E-state index contributed by atoms with van der Waals surface area (Å²) in [6, 6.07) is -0.907. The molecule has 1 heterocycles. The van der Waals surface area contributed by atoms with Crippen LogP contribution in [-0.4, -0.2) is 65.8 Å². The van der Waals surface area contributed by atoms with Gasteiger partial charge in [-0.1, -0.05) is 13.3 Å². The third-order valence-electron chi connectivity index (χ3n) is 3.80. The number of urea groups is 1. The average Bonchev–Trinajstić information content (AvgIpc) is 2.81. The number of hydrogen-bond donors (Lipinski definition) is 1. The Labute approximate surface area is 114 Å². The molecule has 1 aliphatic heterocycles. The topological polar surface area (TPSA) is 70.1 Å². The highest BCUT2D eigenvalue weighted by atomic mass is 16.5. The molecule has 0 aliphatic carbocycles.